The second-order valence-electron chi connectivity index (χ2n) is 5.83. The SMILES string of the molecule is O=S(=O)(NC[C@@H]1COC2(CCCCC2)O1)c1ccc(Br)cc1. The van der Waals surface area contributed by atoms with E-state index in [1.807, 2.05) is 0 Å². The maximum Gasteiger partial charge on any atom is 0.240 e. The van der Waals surface area contributed by atoms with Gasteiger partial charge in [0.25, 0.3) is 0 Å². The fraction of sp³-hybridized carbons (Fsp3) is 0.600. The van der Waals surface area contributed by atoms with Crippen molar-refractivity contribution in [1.82, 2.24) is 4.72 Å². The molecule has 3 rings (SSSR count). The minimum absolute atomic E-state index is 0.219. The molecule has 2 aliphatic rings. The molecule has 1 atom stereocenters. The first-order valence-corrected chi connectivity index (χ1v) is 9.84. The molecule has 5 nitrogen and oxygen atoms in total. The predicted octanol–water partition coefficient (Wildman–Crippen LogP) is 2.80. The summed E-state index contributed by atoms with van der Waals surface area (Å²) < 4.78 is 39.7. The summed E-state index contributed by atoms with van der Waals surface area (Å²) in [6, 6.07) is 6.56. The van der Waals surface area contributed by atoms with Gasteiger partial charge in [0.1, 0.15) is 0 Å². The van der Waals surface area contributed by atoms with E-state index in [-0.39, 0.29) is 17.5 Å². The molecule has 0 unspecified atom stereocenters. The Labute approximate surface area is 139 Å². The molecular weight excluding hydrogens is 370 g/mol. The molecule has 2 fully saturated rings. The molecule has 122 valence electrons. The minimum Gasteiger partial charge on any atom is -0.347 e. The van der Waals surface area contributed by atoms with Crippen LogP contribution in [0.5, 0.6) is 0 Å². The van der Waals surface area contributed by atoms with Gasteiger partial charge in [0.2, 0.25) is 10.0 Å². The van der Waals surface area contributed by atoms with Gasteiger partial charge in [-0.05, 0) is 37.1 Å². The first kappa shape index (κ1) is 16.4. The third-order valence-electron chi connectivity index (χ3n) is 4.15. The van der Waals surface area contributed by atoms with Gasteiger partial charge in [-0.1, -0.05) is 22.4 Å². The zero-order valence-electron chi connectivity index (χ0n) is 12.3. The summed E-state index contributed by atoms with van der Waals surface area (Å²) in [5, 5.41) is 0. The number of benzene rings is 1. The summed E-state index contributed by atoms with van der Waals surface area (Å²) in [6.45, 7) is 0.684. The molecule has 1 spiro atoms. The highest BCUT2D eigenvalue weighted by atomic mass is 79.9. The molecule has 1 heterocycles. The van der Waals surface area contributed by atoms with Crippen molar-refractivity contribution in [1.29, 1.82) is 0 Å². The van der Waals surface area contributed by atoms with Gasteiger partial charge >= 0.3 is 0 Å². The maximum atomic E-state index is 12.2. The fourth-order valence-electron chi connectivity index (χ4n) is 2.97. The molecule has 1 saturated heterocycles. The van der Waals surface area contributed by atoms with Crippen LogP contribution in [0.15, 0.2) is 33.6 Å². The number of rotatable bonds is 4. The van der Waals surface area contributed by atoms with E-state index in [1.165, 1.54) is 6.42 Å². The van der Waals surface area contributed by atoms with Crippen molar-refractivity contribution in [3.05, 3.63) is 28.7 Å². The molecule has 1 aliphatic carbocycles. The lowest BCUT2D eigenvalue weighted by Crippen LogP contribution is -2.37. The van der Waals surface area contributed by atoms with Gasteiger partial charge in [-0.25, -0.2) is 13.1 Å². The zero-order valence-corrected chi connectivity index (χ0v) is 14.7. The van der Waals surface area contributed by atoms with Crippen LogP contribution in [-0.2, 0) is 19.5 Å². The Kier molecular flexibility index (Phi) is 4.89. The van der Waals surface area contributed by atoms with E-state index in [9.17, 15) is 8.42 Å². The Hall–Kier alpha value is -0.470. The second kappa shape index (κ2) is 6.57. The van der Waals surface area contributed by atoms with Crippen LogP contribution < -0.4 is 4.72 Å². The standard InChI is InChI=1S/C15H20BrNO4S/c16-12-4-6-14(7-5-12)22(18,19)17-10-13-11-20-15(21-13)8-2-1-3-9-15/h4-7,13,17H,1-3,8-11H2/t13-/m1/s1. The van der Waals surface area contributed by atoms with Crippen LogP contribution in [-0.4, -0.2) is 33.5 Å². The monoisotopic (exact) mass is 389 g/mol. The lowest BCUT2D eigenvalue weighted by molar-refractivity contribution is -0.186. The summed E-state index contributed by atoms with van der Waals surface area (Å²) in [5.41, 5.74) is 0. The van der Waals surface area contributed by atoms with Gasteiger partial charge in [-0.3, -0.25) is 0 Å². The smallest absolute Gasteiger partial charge is 0.240 e. The lowest BCUT2D eigenvalue weighted by atomic mass is 9.94. The topological polar surface area (TPSA) is 64.6 Å². The first-order valence-electron chi connectivity index (χ1n) is 7.56. The van der Waals surface area contributed by atoms with Crippen LogP contribution in [0.1, 0.15) is 32.1 Å². The number of halogens is 1. The predicted molar refractivity (Wildman–Crippen MR) is 86.0 cm³/mol. The van der Waals surface area contributed by atoms with Crippen LogP contribution in [0.2, 0.25) is 0 Å². The summed E-state index contributed by atoms with van der Waals surface area (Å²) in [5.74, 6) is -0.466. The van der Waals surface area contributed by atoms with Gasteiger partial charge in [0.15, 0.2) is 5.79 Å². The largest absolute Gasteiger partial charge is 0.347 e. The first-order chi connectivity index (χ1) is 10.5. The van der Waals surface area contributed by atoms with E-state index < -0.39 is 15.8 Å². The van der Waals surface area contributed by atoms with E-state index in [1.54, 1.807) is 24.3 Å². The molecule has 1 aromatic carbocycles. The Balaban J connectivity index is 1.57. The third kappa shape index (κ3) is 3.71. The summed E-state index contributed by atoms with van der Waals surface area (Å²) in [7, 11) is -3.51. The highest BCUT2D eigenvalue weighted by molar-refractivity contribution is 9.10. The van der Waals surface area contributed by atoms with E-state index in [0.29, 0.717) is 6.61 Å². The zero-order chi connectivity index (χ0) is 15.6. The van der Waals surface area contributed by atoms with Crippen LogP contribution >= 0.6 is 15.9 Å². The maximum absolute atomic E-state index is 12.2. The van der Waals surface area contributed by atoms with Crippen molar-refractivity contribution in [3.63, 3.8) is 0 Å². The Bertz CT molecular complexity index is 611. The number of hydrogen-bond acceptors (Lipinski definition) is 4. The molecule has 1 aromatic rings. The van der Waals surface area contributed by atoms with Gasteiger partial charge < -0.3 is 9.47 Å². The Morgan fingerprint density at radius 1 is 1.18 bits per heavy atom. The third-order valence-corrected chi connectivity index (χ3v) is 6.12. The molecule has 1 saturated carbocycles. The molecule has 1 aliphatic heterocycles. The normalized spacial score (nSPS) is 24.7. The molecule has 0 bridgehead atoms. The van der Waals surface area contributed by atoms with Crippen LogP contribution in [0.4, 0.5) is 0 Å². The minimum atomic E-state index is -3.51. The van der Waals surface area contributed by atoms with E-state index in [0.717, 1.165) is 30.2 Å². The van der Waals surface area contributed by atoms with E-state index in [2.05, 4.69) is 20.7 Å². The van der Waals surface area contributed by atoms with Crippen LogP contribution in [0, 0.1) is 0 Å². The van der Waals surface area contributed by atoms with Crippen molar-refractivity contribution < 1.29 is 17.9 Å². The molecule has 7 heteroatoms. The van der Waals surface area contributed by atoms with Crippen molar-refractivity contribution in [2.75, 3.05) is 13.2 Å². The molecule has 22 heavy (non-hydrogen) atoms. The molecule has 1 N–H and O–H groups in total. The molecule has 0 aromatic heterocycles. The Morgan fingerprint density at radius 2 is 1.86 bits per heavy atom. The van der Waals surface area contributed by atoms with Crippen molar-refractivity contribution >= 4 is 26.0 Å². The molecular formula is C15H20BrNO4S. The van der Waals surface area contributed by atoms with Gasteiger partial charge in [0, 0.05) is 23.9 Å². The van der Waals surface area contributed by atoms with Crippen LogP contribution in [0.25, 0.3) is 0 Å². The van der Waals surface area contributed by atoms with Gasteiger partial charge in [-0.15, -0.1) is 0 Å². The van der Waals surface area contributed by atoms with Crippen molar-refractivity contribution in [2.24, 2.45) is 0 Å². The summed E-state index contributed by atoms with van der Waals surface area (Å²) >= 11 is 3.29. The summed E-state index contributed by atoms with van der Waals surface area (Å²) in [6.07, 6.45) is 5.03. The average Bonchev–Trinajstić information content (AvgIpc) is 2.89. The highest BCUT2D eigenvalue weighted by Crippen LogP contribution is 2.37. The number of ether oxygens (including phenoxy) is 2. The molecule has 0 amide bonds. The number of sulfonamides is 1. The van der Waals surface area contributed by atoms with Gasteiger partial charge in [-0.2, -0.15) is 0 Å². The summed E-state index contributed by atoms with van der Waals surface area (Å²) in [4.78, 5) is 0.252. The van der Waals surface area contributed by atoms with Crippen LogP contribution in [0.3, 0.4) is 0 Å². The van der Waals surface area contributed by atoms with Crippen molar-refractivity contribution in [2.45, 2.75) is 48.9 Å². The van der Waals surface area contributed by atoms with Crippen molar-refractivity contribution in [3.8, 4) is 0 Å². The second-order valence-corrected chi connectivity index (χ2v) is 8.51. The quantitative estimate of drug-likeness (QED) is 0.859. The van der Waals surface area contributed by atoms with E-state index in [4.69, 9.17) is 9.47 Å². The molecule has 0 radical (unpaired) electrons. The lowest BCUT2D eigenvalue weighted by Gasteiger charge is -2.31. The number of hydrogen-bond donors (Lipinski definition) is 1. The average molecular weight is 390 g/mol. The van der Waals surface area contributed by atoms with Gasteiger partial charge in [0.05, 0.1) is 17.6 Å². The fourth-order valence-corrected chi connectivity index (χ4v) is 4.30. The number of nitrogens with one attached hydrogen (secondary N) is 1. The van der Waals surface area contributed by atoms with E-state index >= 15 is 0 Å². The Morgan fingerprint density at radius 3 is 2.55 bits per heavy atom. The highest BCUT2D eigenvalue weighted by Gasteiger charge is 2.42.